The molecule has 0 aliphatic carbocycles. The number of nitrogens with one attached hydrogen (secondary N) is 2. The number of hydrogen-bond donors (Lipinski definition) is 2. The number of fused-ring (bicyclic) bond motifs is 1. The minimum atomic E-state index is -0.211. The molecule has 5 nitrogen and oxygen atoms in total. The van der Waals surface area contributed by atoms with Gasteiger partial charge >= 0.3 is 0 Å². The predicted molar refractivity (Wildman–Crippen MR) is 74.7 cm³/mol. The first-order valence-corrected chi connectivity index (χ1v) is 6.89. The highest BCUT2D eigenvalue weighted by Gasteiger charge is 2.29. The molecule has 1 aromatic rings. The summed E-state index contributed by atoms with van der Waals surface area (Å²) in [5.41, 5.74) is 2.07. The molecule has 2 heterocycles. The van der Waals surface area contributed by atoms with Crippen LogP contribution in [0.5, 0.6) is 0 Å². The number of carbonyl (C=O) groups is 2. The average Bonchev–Trinajstić information content (AvgIpc) is 2.78. The Labute approximate surface area is 117 Å². The molecule has 3 rings (SSSR count). The molecule has 0 bridgehead atoms. The standard InChI is InChI=1S/C15H18N2O3/c1-15(4-6-20-7-5-15)17-14(19)11-3-2-10-9-13(18)16-12(10)8-11/h2-3,8H,4-7,9H2,1H3,(H,16,18)(H,17,19). The van der Waals surface area contributed by atoms with Crippen molar-refractivity contribution in [2.75, 3.05) is 18.5 Å². The van der Waals surface area contributed by atoms with E-state index in [4.69, 9.17) is 4.74 Å². The molecule has 106 valence electrons. The number of carbonyl (C=O) groups excluding carboxylic acids is 2. The summed E-state index contributed by atoms with van der Waals surface area (Å²) < 4.78 is 5.33. The van der Waals surface area contributed by atoms with Crippen molar-refractivity contribution < 1.29 is 14.3 Å². The second-order valence-electron chi connectivity index (χ2n) is 5.72. The normalized spacial score (nSPS) is 20.1. The van der Waals surface area contributed by atoms with Crippen LogP contribution in [0.3, 0.4) is 0 Å². The van der Waals surface area contributed by atoms with Gasteiger partial charge in [-0.1, -0.05) is 6.07 Å². The van der Waals surface area contributed by atoms with Gasteiger partial charge in [-0.3, -0.25) is 9.59 Å². The molecule has 20 heavy (non-hydrogen) atoms. The highest BCUT2D eigenvalue weighted by Crippen LogP contribution is 2.25. The average molecular weight is 274 g/mol. The lowest BCUT2D eigenvalue weighted by Gasteiger charge is -2.34. The van der Waals surface area contributed by atoms with Crippen LogP contribution >= 0.6 is 0 Å². The molecule has 2 aliphatic heterocycles. The van der Waals surface area contributed by atoms with E-state index < -0.39 is 0 Å². The SMILES string of the molecule is CC1(NC(=O)c2ccc3c(c2)NC(=O)C3)CCOCC1. The van der Waals surface area contributed by atoms with E-state index in [-0.39, 0.29) is 17.4 Å². The number of amides is 2. The molecule has 0 saturated carbocycles. The second kappa shape index (κ2) is 4.90. The van der Waals surface area contributed by atoms with Crippen LogP contribution in [0.1, 0.15) is 35.7 Å². The zero-order chi connectivity index (χ0) is 14.2. The molecule has 0 aromatic heterocycles. The van der Waals surface area contributed by atoms with Gasteiger partial charge in [-0.05, 0) is 37.5 Å². The van der Waals surface area contributed by atoms with Gasteiger partial charge in [0.25, 0.3) is 5.91 Å². The first-order chi connectivity index (χ1) is 9.56. The molecule has 2 amide bonds. The summed E-state index contributed by atoms with van der Waals surface area (Å²) in [5, 5.41) is 5.85. The van der Waals surface area contributed by atoms with Crippen LogP contribution in [-0.4, -0.2) is 30.6 Å². The third-order valence-corrected chi connectivity index (χ3v) is 4.01. The molecule has 5 heteroatoms. The summed E-state index contributed by atoms with van der Waals surface area (Å²) in [5.74, 6) is -0.118. The zero-order valence-electron chi connectivity index (χ0n) is 11.5. The van der Waals surface area contributed by atoms with Crippen molar-refractivity contribution in [1.82, 2.24) is 5.32 Å². The molecule has 1 aromatic carbocycles. The fourth-order valence-electron chi connectivity index (χ4n) is 2.65. The van der Waals surface area contributed by atoms with Crippen molar-refractivity contribution in [2.24, 2.45) is 0 Å². The number of hydrogen-bond acceptors (Lipinski definition) is 3. The molecular formula is C15H18N2O3. The zero-order valence-corrected chi connectivity index (χ0v) is 11.5. The van der Waals surface area contributed by atoms with E-state index in [2.05, 4.69) is 10.6 Å². The lowest BCUT2D eigenvalue weighted by Crippen LogP contribution is -2.49. The third kappa shape index (κ3) is 2.54. The number of anilines is 1. The lowest BCUT2D eigenvalue weighted by molar-refractivity contribution is -0.115. The van der Waals surface area contributed by atoms with Gasteiger partial charge in [-0.15, -0.1) is 0 Å². The fourth-order valence-corrected chi connectivity index (χ4v) is 2.65. The molecular weight excluding hydrogens is 256 g/mol. The molecule has 2 N–H and O–H groups in total. The molecule has 2 aliphatic rings. The molecule has 0 radical (unpaired) electrons. The fraction of sp³-hybridized carbons (Fsp3) is 0.467. The maximum Gasteiger partial charge on any atom is 0.251 e. The van der Waals surface area contributed by atoms with E-state index in [1.165, 1.54) is 0 Å². The molecule has 1 saturated heterocycles. The van der Waals surface area contributed by atoms with Crippen LogP contribution in [0, 0.1) is 0 Å². The topological polar surface area (TPSA) is 67.4 Å². The van der Waals surface area contributed by atoms with E-state index in [0.29, 0.717) is 25.2 Å². The minimum absolute atomic E-state index is 0.0195. The van der Waals surface area contributed by atoms with E-state index in [0.717, 1.165) is 24.1 Å². The second-order valence-corrected chi connectivity index (χ2v) is 5.72. The summed E-state index contributed by atoms with van der Waals surface area (Å²) in [4.78, 5) is 23.7. The van der Waals surface area contributed by atoms with Gasteiger partial charge in [-0.25, -0.2) is 0 Å². The van der Waals surface area contributed by atoms with Crippen LogP contribution in [0.4, 0.5) is 5.69 Å². The minimum Gasteiger partial charge on any atom is -0.381 e. The van der Waals surface area contributed by atoms with Crippen LogP contribution in [-0.2, 0) is 16.0 Å². The maximum absolute atomic E-state index is 12.3. The third-order valence-electron chi connectivity index (χ3n) is 4.01. The Morgan fingerprint density at radius 3 is 2.85 bits per heavy atom. The first kappa shape index (κ1) is 13.1. The summed E-state index contributed by atoms with van der Waals surface area (Å²) >= 11 is 0. The predicted octanol–water partition coefficient (Wildman–Crippen LogP) is 1.48. The quantitative estimate of drug-likeness (QED) is 0.858. The van der Waals surface area contributed by atoms with Crippen molar-refractivity contribution in [3.05, 3.63) is 29.3 Å². The van der Waals surface area contributed by atoms with Gasteiger partial charge in [0.15, 0.2) is 0 Å². The van der Waals surface area contributed by atoms with Crippen LogP contribution in [0.2, 0.25) is 0 Å². The lowest BCUT2D eigenvalue weighted by atomic mass is 9.92. The van der Waals surface area contributed by atoms with Crippen LogP contribution < -0.4 is 10.6 Å². The number of benzene rings is 1. The Kier molecular flexibility index (Phi) is 3.22. The molecule has 0 spiro atoms. The molecule has 0 unspecified atom stereocenters. The van der Waals surface area contributed by atoms with Gasteiger partial charge in [0.2, 0.25) is 5.91 Å². The summed E-state index contributed by atoms with van der Waals surface area (Å²) in [6, 6.07) is 5.36. The number of rotatable bonds is 2. The van der Waals surface area contributed by atoms with Gasteiger partial charge in [-0.2, -0.15) is 0 Å². The van der Waals surface area contributed by atoms with Gasteiger partial charge < -0.3 is 15.4 Å². The van der Waals surface area contributed by atoms with E-state index in [9.17, 15) is 9.59 Å². The van der Waals surface area contributed by atoms with E-state index in [1.54, 1.807) is 12.1 Å². The van der Waals surface area contributed by atoms with Gasteiger partial charge in [0.05, 0.1) is 6.42 Å². The van der Waals surface area contributed by atoms with Crippen molar-refractivity contribution >= 4 is 17.5 Å². The van der Waals surface area contributed by atoms with Gasteiger partial charge in [0, 0.05) is 30.0 Å². The largest absolute Gasteiger partial charge is 0.381 e. The van der Waals surface area contributed by atoms with Crippen molar-refractivity contribution in [1.29, 1.82) is 0 Å². The van der Waals surface area contributed by atoms with Crippen molar-refractivity contribution in [3.8, 4) is 0 Å². The Bertz CT molecular complexity index is 562. The highest BCUT2D eigenvalue weighted by molar-refractivity contribution is 6.02. The molecule has 1 fully saturated rings. The maximum atomic E-state index is 12.3. The summed E-state index contributed by atoms with van der Waals surface area (Å²) in [6.07, 6.45) is 2.03. The van der Waals surface area contributed by atoms with E-state index in [1.807, 2.05) is 13.0 Å². The van der Waals surface area contributed by atoms with Crippen molar-refractivity contribution in [3.63, 3.8) is 0 Å². The summed E-state index contributed by atoms with van der Waals surface area (Å²) in [6.45, 7) is 3.40. The number of ether oxygens (including phenoxy) is 1. The Balaban J connectivity index is 1.74. The Morgan fingerprint density at radius 2 is 2.10 bits per heavy atom. The molecule has 0 atom stereocenters. The highest BCUT2D eigenvalue weighted by atomic mass is 16.5. The first-order valence-electron chi connectivity index (χ1n) is 6.89. The summed E-state index contributed by atoms with van der Waals surface area (Å²) in [7, 11) is 0. The Hall–Kier alpha value is -1.88. The van der Waals surface area contributed by atoms with Gasteiger partial charge in [0.1, 0.15) is 0 Å². The van der Waals surface area contributed by atoms with Crippen LogP contribution in [0.25, 0.3) is 0 Å². The smallest absolute Gasteiger partial charge is 0.251 e. The Morgan fingerprint density at radius 1 is 1.35 bits per heavy atom. The van der Waals surface area contributed by atoms with Crippen molar-refractivity contribution in [2.45, 2.75) is 31.7 Å². The van der Waals surface area contributed by atoms with E-state index >= 15 is 0 Å². The monoisotopic (exact) mass is 274 g/mol. The van der Waals surface area contributed by atoms with Crippen LogP contribution in [0.15, 0.2) is 18.2 Å².